The van der Waals surface area contributed by atoms with Crippen LogP contribution in [0.4, 0.5) is 5.95 Å². The van der Waals surface area contributed by atoms with Gasteiger partial charge in [-0.25, -0.2) is 13.1 Å². The minimum Gasteiger partial charge on any atom is -0.366 e. The van der Waals surface area contributed by atoms with Gasteiger partial charge < -0.3 is 11.6 Å². The van der Waals surface area contributed by atoms with Crippen LogP contribution in [0.2, 0.25) is 0 Å². The molecule has 1 aromatic rings. The van der Waals surface area contributed by atoms with Crippen molar-refractivity contribution in [1.82, 2.24) is 14.9 Å². The zero-order valence-electron chi connectivity index (χ0n) is 8.13. The molecule has 0 aliphatic carbocycles. The van der Waals surface area contributed by atoms with E-state index >= 15 is 0 Å². The number of hydrogen-bond donors (Lipinski definition) is 2. The number of sulfone groups is 1. The molecule has 2 rings (SSSR count). The van der Waals surface area contributed by atoms with E-state index in [1.54, 1.807) is 0 Å². The van der Waals surface area contributed by atoms with Gasteiger partial charge in [-0.3, -0.25) is 0 Å². The largest absolute Gasteiger partial charge is 0.366 e. The van der Waals surface area contributed by atoms with Crippen molar-refractivity contribution in [1.29, 1.82) is 0 Å². The van der Waals surface area contributed by atoms with Crippen molar-refractivity contribution in [2.45, 2.75) is 24.5 Å². The number of hydrogen-bond acceptors (Lipinski definition) is 6. The first kappa shape index (κ1) is 10.2. The van der Waals surface area contributed by atoms with Gasteiger partial charge >= 0.3 is 0 Å². The summed E-state index contributed by atoms with van der Waals surface area (Å²) in [7, 11) is -3.14. The van der Waals surface area contributed by atoms with E-state index in [0.29, 0.717) is 12.8 Å². The number of anilines is 1. The molecule has 2 heterocycles. The molecule has 0 bridgehead atoms. The van der Waals surface area contributed by atoms with Crippen LogP contribution in [0.25, 0.3) is 0 Å². The Morgan fingerprint density at radius 3 is 2.60 bits per heavy atom. The van der Waals surface area contributed by atoms with Gasteiger partial charge in [-0.2, -0.15) is 0 Å². The minimum absolute atomic E-state index is 0.0331. The summed E-state index contributed by atoms with van der Waals surface area (Å²) in [4.78, 5) is 0. The van der Waals surface area contributed by atoms with E-state index in [0.717, 1.165) is 11.1 Å². The molecule has 1 aliphatic rings. The fourth-order valence-electron chi connectivity index (χ4n) is 1.78. The summed E-state index contributed by atoms with van der Waals surface area (Å²) in [6.07, 6.45) is 2.10. The van der Waals surface area contributed by atoms with E-state index in [2.05, 4.69) is 10.2 Å². The lowest BCUT2D eigenvalue weighted by Crippen LogP contribution is -2.27. The van der Waals surface area contributed by atoms with E-state index in [9.17, 15) is 8.42 Å². The van der Waals surface area contributed by atoms with Crippen LogP contribution in [-0.4, -0.2) is 29.0 Å². The molecule has 0 aromatic carbocycles. The van der Waals surface area contributed by atoms with Gasteiger partial charge in [0.2, 0.25) is 5.95 Å². The van der Waals surface area contributed by atoms with Crippen molar-refractivity contribution in [2.24, 2.45) is 0 Å². The third-order valence-electron chi connectivity index (χ3n) is 2.62. The van der Waals surface area contributed by atoms with Gasteiger partial charge in [-0.1, -0.05) is 6.42 Å². The Morgan fingerprint density at radius 1 is 1.33 bits per heavy atom. The van der Waals surface area contributed by atoms with Gasteiger partial charge in [0.25, 0.3) is 0 Å². The van der Waals surface area contributed by atoms with E-state index in [-0.39, 0.29) is 17.5 Å². The molecule has 1 unspecified atom stereocenters. The van der Waals surface area contributed by atoms with Crippen molar-refractivity contribution >= 4 is 15.8 Å². The highest BCUT2D eigenvalue weighted by atomic mass is 32.2. The molecule has 0 spiro atoms. The van der Waals surface area contributed by atoms with E-state index in [1.165, 1.54) is 0 Å². The van der Waals surface area contributed by atoms with Gasteiger partial charge in [-0.05, 0) is 12.8 Å². The van der Waals surface area contributed by atoms with Crippen LogP contribution >= 0.6 is 0 Å². The summed E-state index contributed by atoms with van der Waals surface area (Å²) in [5.74, 6) is 6.02. The molecule has 1 fully saturated rings. The lowest BCUT2D eigenvalue weighted by atomic mass is 10.2. The maximum atomic E-state index is 11.8. The van der Waals surface area contributed by atoms with Crippen LogP contribution in [0.1, 0.15) is 30.3 Å². The zero-order chi connectivity index (χ0) is 11.1. The average molecular weight is 231 g/mol. The summed E-state index contributed by atoms with van der Waals surface area (Å²) in [5, 5.41) is 6.62. The third kappa shape index (κ3) is 1.65. The van der Waals surface area contributed by atoms with Crippen LogP contribution in [0.5, 0.6) is 0 Å². The van der Waals surface area contributed by atoms with Crippen LogP contribution in [0.15, 0.2) is 0 Å². The third-order valence-corrected chi connectivity index (χ3v) is 4.79. The van der Waals surface area contributed by atoms with Crippen molar-refractivity contribution < 1.29 is 8.42 Å². The Labute approximate surface area is 87.4 Å². The number of nitrogens with zero attached hydrogens (tertiary/aromatic N) is 3. The maximum absolute atomic E-state index is 11.8. The number of rotatable bonds is 1. The van der Waals surface area contributed by atoms with Crippen molar-refractivity contribution in [3.8, 4) is 0 Å². The van der Waals surface area contributed by atoms with E-state index in [4.69, 9.17) is 11.6 Å². The van der Waals surface area contributed by atoms with Gasteiger partial charge in [0.05, 0.1) is 5.75 Å². The molecule has 1 aliphatic heterocycles. The fraction of sp³-hybridized carbons (Fsp3) is 0.714. The second-order valence-electron chi connectivity index (χ2n) is 3.64. The molecule has 4 N–H and O–H groups in total. The molecule has 1 aromatic heterocycles. The van der Waals surface area contributed by atoms with Gasteiger partial charge in [-0.15, -0.1) is 10.2 Å². The first-order valence-corrected chi connectivity index (χ1v) is 6.41. The van der Waals surface area contributed by atoms with Crippen LogP contribution in [-0.2, 0) is 9.84 Å². The van der Waals surface area contributed by atoms with Crippen molar-refractivity contribution in [2.75, 3.05) is 17.3 Å². The summed E-state index contributed by atoms with van der Waals surface area (Å²) in [6.45, 7) is 0. The molecule has 0 saturated carbocycles. The first-order valence-electron chi connectivity index (χ1n) is 4.70. The second kappa shape index (κ2) is 3.37. The molecule has 0 amide bonds. The van der Waals surface area contributed by atoms with Crippen LogP contribution < -0.4 is 11.6 Å². The Kier molecular flexibility index (Phi) is 2.29. The monoisotopic (exact) mass is 231 g/mol. The molecule has 1 saturated heterocycles. The summed E-state index contributed by atoms with van der Waals surface area (Å²) < 4.78 is 24.6. The normalized spacial score (nSPS) is 25.2. The molecule has 0 radical (unpaired) electrons. The molecule has 1 atom stereocenters. The lowest BCUT2D eigenvalue weighted by Gasteiger charge is -2.20. The maximum Gasteiger partial charge on any atom is 0.240 e. The predicted molar refractivity (Wildman–Crippen MR) is 55.0 cm³/mol. The van der Waals surface area contributed by atoms with E-state index in [1.807, 2.05) is 0 Å². The molecular weight excluding hydrogens is 218 g/mol. The Bertz CT molecular complexity index is 466. The van der Waals surface area contributed by atoms with Crippen LogP contribution in [0.3, 0.4) is 0 Å². The first-order chi connectivity index (χ1) is 7.02. The fourth-order valence-corrected chi connectivity index (χ4v) is 3.68. The quantitative estimate of drug-likeness (QED) is 0.612. The predicted octanol–water partition coefficient (Wildman–Crippen LogP) is -0.786. The molecular formula is C7H13N5O2S. The summed E-state index contributed by atoms with van der Waals surface area (Å²) in [6, 6.07) is 0. The molecule has 8 heteroatoms. The number of nitrogen functional groups attached to an aromatic ring is 2. The minimum atomic E-state index is -3.14. The zero-order valence-corrected chi connectivity index (χ0v) is 8.94. The molecule has 7 nitrogen and oxygen atoms in total. The SMILES string of the molecule is Nc1nnc(C2CCCCS2(=O)=O)n1N. The Balaban J connectivity index is 2.42. The highest BCUT2D eigenvalue weighted by Gasteiger charge is 2.34. The van der Waals surface area contributed by atoms with Gasteiger partial charge in [0, 0.05) is 0 Å². The van der Waals surface area contributed by atoms with Crippen molar-refractivity contribution in [3.05, 3.63) is 5.82 Å². The topological polar surface area (TPSA) is 117 Å². The van der Waals surface area contributed by atoms with E-state index < -0.39 is 15.1 Å². The van der Waals surface area contributed by atoms with Crippen molar-refractivity contribution in [3.63, 3.8) is 0 Å². The molecule has 84 valence electrons. The lowest BCUT2D eigenvalue weighted by molar-refractivity contribution is 0.534. The number of aromatic nitrogens is 3. The summed E-state index contributed by atoms with van der Waals surface area (Å²) in [5.41, 5.74) is 5.41. The molecule has 15 heavy (non-hydrogen) atoms. The highest BCUT2D eigenvalue weighted by Crippen LogP contribution is 2.31. The van der Waals surface area contributed by atoms with Gasteiger partial charge in [0.1, 0.15) is 5.25 Å². The standard InChI is InChI=1S/C7H13N5O2S/c8-7-11-10-6(12(7)9)5-3-1-2-4-15(5,13)14/h5H,1-4,9H2,(H2,8,11). The summed E-state index contributed by atoms with van der Waals surface area (Å²) >= 11 is 0. The van der Waals surface area contributed by atoms with Crippen LogP contribution in [0, 0.1) is 0 Å². The second-order valence-corrected chi connectivity index (χ2v) is 5.94. The Hall–Kier alpha value is -1.31. The average Bonchev–Trinajstić information content (AvgIpc) is 2.48. The Morgan fingerprint density at radius 2 is 2.07 bits per heavy atom. The number of nitrogens with two attached hydrogens (primary N) is 2. The highest BCUT2D eigenvalue weighted by molar-refractivity contribution is 7.91. The van der Waals surface area contributed by atoms with Gasteiger partial charge in [0.15, 0.2) is 15.7 Å². The smallest absolute Gasteiger partial charge is 0.240 e.